The zero-order chi connectivity index (χ0) is 15.1. The van der Waals surface area contributed by atoms with Gasteiger partial charge in [-0.05, 0) is 70.2 Å². The predicted molar refractivity (Wildman–Crippen MR) is 94.9 cm³/mol. The molecule has 2 aliphatic rings. The standard InChI is InChI=1S/C22H22/c1-3-15-9-11-21(19(15)4-2)17-10-12-22-18(14-17)13-16-7-5-6-8-20(16)22/h5-10,12,14H,3-4,11,13H2,1-2H3. The smallest absolute Gasteiger partial charge is 0.00132 e. The van der Waals surface area contributed by atoms with Crippen LogP contribution in [0.1, 0.15) is 49.8 Å². The van der Waals surface area contributed by atoms with E-state index in [1.54, 1.807) is 16.7 Å². The van der Waals surface area contributed by atoms with E-state index in [0.29, 0.717) is 0 Å². The Morgan fingerprint density at radius 1 is 0.864 bits per heavy atom. The summed E-state index contributed by atoms with van der Waals surface area (Å²) in [6, 6.07) is 15.9. The second-order valence-electron chi connectivity index (χ2n) is 6.30. The third-order valence-electron chi connectivity index (χ3n) is 5.18. The van der Waals surface area contributed by atoms with Crippen molar-refractivity contribution < 1.29 is 0 Å². The lowest BCUT2D eigenvalue weighted by molar-refractivity contribution is 1.04. The van der Waals surface area contributed by atoms with Crippen LogP contribution in [0.4, 0.5) is 0 Å². The molecule has 4 rings (SSSR count). The van der Waals surface area contributed by atoms with Crippen molar-refractivity contribution in [2.45, 2.75) is 39.5 Å². The molecular formula is C22H22. The normalized spacial score (nSPS) is 15.8. The van der Waals surface area contributed by atoms with E-state index in [4.69, 9.17) is 0 Å². The van der Waals surface area contributed by atoms with Gasteiger partial charge >= 0.3 is 0 Å². The summed E-state index contributed by atoms with van der Waals surface area (Å²) in [5.74, 6) is 0. The van der Waals surface area contributed by atoms with Crippen LogP contribution in [-0.2, 0) is 6.42 Å². The average molecular weight is 286 g/mol. The fourth-order valence-electron chi connectivity index (χ4n) is 4.09. The molecule has 0 nitrogen and oxygen atoms in total. The lowest BCUT2D eigenvalue weighted by Crippen LogP contribution is -1.90. The number of allylic oxidation sites excluding steroid dienone is 4. The Balaban J connectivity index is 1.77. The fourth-order valence-corrected chi connectivity index (χ4v) is 4.09. The van der Waals surface area contributed by atoms with Gasteiger partial charge in [-0.3, -0.25) is 0 Å². The van der Waals surface area contributed by atoms with Crippen molar-refractivity contribution in [3.8, 4) is 11.1 Å². The molecule has 0 atom stereocenters. The van der Waals surface area contributed by atoms with E-state index < -0.39 is 0 Å². The van der Waals surface area contributed by atoms with E-state index in [2.05, 4.69) is 62.4 Å². The Labute approximate surface area is 133 Å². The molecule has 0 saturated carbocycles. The Morgan fingerprint density at radius 3 is 2.50 bits per heavy atom. The van der Waals surface area contributed by atoms with Crippen LogP contribution in [0.2, 0.25) is 0 Å². The largest absolute Gasteiger partial charge is 0.0766 e. The molecule has 2 aromatic rings. The zero-order valence-corrected chi connectivity index (χ0v) is 13.4. The van der Waals surface area contributed by atoms with Crippen molar-refractivity contribution in [2.75, 3.05) is 0 Å². The summed E-state index contributed by atoms with van der Waals surface area (Å²) in [5.41, 5.74) is 11.9. The van der Waals surface area contributed by atoms with E-state index in [1.165, 1.54) is 27.8 Å². The van der Waals surface area contributed by atoms with Crippen molar-refractivity contribution in [1.82, 2.24) is 0 Å². The van der Waals surface area contributed by atoms with Crippen LogP contribution in [-0.4, -0.2) is 0 Å². The quantitative estimate of drug-likeness (QED) is 0.540. The second kappa shape index (κ2) is 5.28. The first-order valence-electron chi connectivity index (χ1n) is 8.44. The summed E-state index contributed by atoms with van der Waals surface area (Å²) in [5, 5.41) is 0. The molecule has 0 spiro atoms. The highest BCUT2D eigenvalue weighted by molar-refractivity contribution is 5.82. The summed E-state index contributed by atoms with van der Waals surface area (Å²) in [6.45, 7) is 4.55. The first-order valence-corrected chi connectivity index (χ1v) is 8.44. The predicted octanol–water partition coefficient (Wildman–Crippen LogP) is 6.16. The van der Waals surface area contributed by atoms with Crippen molar-refractivity contribution in [2.24, 2.45) is 0 Å². The van der Waals surface area contributed by atoms with Crippen LogP contribution in [0, 0.1) is 0 Å². The van der Waals surface area contributed by atoms with E-state index >= 15 is 0 Å². The van der Waals surface area contributed by atoms with Gasteiger partial charge in [-0.1, -0.05) is 62.4 Å². The minimum atomic E-state index is 1.09. The summed E-state index contributed by atoms with van der Waals surface area (Å²) in [4.78, 5) is 0. The number of fused-ring (bicyclic) bond motifs is 3. The summed E-state index contributed by atoms with van der Waals surface area (Å²) in [6.07, 6.45) is 6.92. The van der Waals surface area contributed by atoms with Gasteiger partial charge in [0.25, 0.3) is 0 Å². The second-order valence-corrected chi connectivity index (χ2v) is 6.30. The molecule has 0 aliphatic heterocycles. The molecule has 0 N–H and O–H groups in total. The van der Waals surface area contributed by atoms with Crippen molar-refractivity contribution in [1.29, 1.82) is 0 Å². The highest BCUT2D eigenvalue weighted by Crippen LogP contribution is 2.41. The van der Waals surface area contributed by atoms with Gasteiger partial charge in [-0.2, -0.15) is 0 Å². The molecule has 0 bridgehead atoms. The van der Waals surface area contributed by atoms with Gasteiger partial charge in [-0.25, -0.2) is 0 Å². The van der Waals surface area contributed by atoms with E-state index in [0.717, 1.165) is 25.7 Å². The van der Waals surface area contributed by atoms with Gasteiger partial charge in [0.05, 0.1) is 0 Å². The summed E-state index contributed by atoms with van der Waals surface area (Å²) >= 11 is 0. The van der Waals surface area contributed by atoms with Gasteiger partial charge in [0, 0.05) is 0 Å². The Kier molecular flexibility index (Phi) is 3.26. The zero-order valence-electron chi connectivity index (χ0n) is 13.4. The summed E-state index contributed by atoms with van der Waals surface area (Å²) in [7, 11) is 0. The molecule has 0 radical (unpaired) electrons. The van der Waals surface area contributed by atoms with Crippen molar-refractivity contribution >= 4 is 5.57 Å². The molecule has 0 unspecified atom stereocenters. The van der Waals surface area contributed by atoms with Gasteiger partial charge in [0.15, 0.2) is 0 Å². The maximum Gasteiger partial charge on any atom is -0.00132 e. The van der Waals surface area contributed by atoms with E-state index in [9.17, 15) is 0 Å². The molecule has 0 amide bonds. The van der Waals surface area contributed by atoms with Gasteiger partial charge in [0.1, 0.15) is 0 Å². The van der Waals surface area contributed by atoms with Crippen LogP contribution < -0.4 is 0 Å². The highest BCUT2D eigenvalue weighted by atomic mass is 14.3. The molecule has 110 valence electrons. The molecule has 2 aliphatic carbocycles. The molecule has 2 aromatic carbocycles. The fraction of sp³-hybridized carbons (Fsp3) is 0.273. The van der Waals surface area contributed by atoms with E-state index in [-0.39, 0.29) is 0 Å². The molecule has 0 fully saturated rings. The molecule has 0 heteroatoms. The molecule has 0 aromatic heterocycles. The third-order valence-corrected chi connectivity index (χ3v) is 5.18. The molecule has 22 heavy (non-hydrogen) atoms. The highest BCUT2D eigenvalue weighted by Gasteiger charge is 2.21. The molecule has 0 heterocycles. The lowest BCUT2D eigenvalue weighted by Gasteiger charge is -2.11. The number of hydrogen-bond acceptors (Lipinski definition) is 0. The minimum Gasteiger partial charge on any atom is -0.0766 e. The van der Waals surface area contributed by atoms with Crippen LogP contribution >= 0.6 is 0 Å². The summed E-state index contributed by atoms with van der Waals surface area (Å²) < 4.78 is 0. The maximum absolute atomic E-state index is 2.44. The topological polar surface area (TPSA) is 0 Å². The van der Waals surface area contributed by atoms with Crippen molar-refractivity contribution in [3.63, 3.8) is 0 Å². The number of benzene rings is 2. The van der Waals surface area contributed by atoms with Gasteiger partial charge < -0.3 is 0 Å². The monoisotopic (exact) mass is 286 g/mol. The third kappa shape index (κ3) is 1.98. The Bertz CT molecular complexity index is 803. The minimum absolute atomic E-state index is 1.09. The first kappa shape index (κ1) is 13.6. The van der Waals surface area contributed by atoms with Crippen molar-refractivity contribution in [3.05, 3.63) is 76.4 Å². The Hall–Kier alpha value is -2.08. The van der Waals surface area contributed by atoms with E-state index in [1.807, 2.05) is 0 Å². The SMILES string of the molecule is CCC1=CCC(c2ccc3c(c2)Cc2ccccc2-3)=C1CC. The first-order chi connectivity index (χ1) is 10.8. The number of hydrogen-bond donors (Lipinski definition) is 0. The lowest BCUT2D eigenvalue weighted by atomic mass is 9.94. The van der Waals surface area contributed by atoms with Crippen LogP contribution in [0.3, 0.4) is 0 Å². The van der Waals surface area contributed by atoms with Gasteiger partial charge in [-0.15, -0.1) is 0 Å². The maximum atomic E-state index is 2.44. The Morgan fingerprint density at radius 2 is 1.68 bits per heavy atom. The molecular weight excluding hydrogens is 264 g/mol. The number of rotatable bonds is 3. The van der Waals surface area contributed by atoms with Crippen LogP contribution in [0.15, 0.2) is 59.7 Å². The van der Waals surface area contributed by atoms with Crippen LogP contribution in [0.5, 0.6) is 0 Å². The average Bonchev–Trinajstić information content (AvgIpc) is 3.14. The van der Waals surface area contributed by atoms with Gasteiger partial charge in [0.2, 0.25) is 0 Å². The van der Waals surface area contributed by atoms with Crippen LogP contribution in [0.25, 0.3) is 16.7 Å². The molecule has 0 saturated heterocycles.